The SMILES string of the molecule is CCC1CCC(N)(c2nncn2C)CC1. The first-order valence-corrected chi connectivity index (χ1v) is 5.79. The van der Waals surface area contributed by atoms with Crippen LogP contribution >= 0.6 is 0 Å². The largest absolute Gasteiger partial charge is 0.319 e. The smallest absolute Gasteiger partial charge is 0.152 e. The van der Waals surface area contributed by atoms with E-state index < -0.39 is 0 Å². The maximum absolute atomic E-state index is 6.42. The van der Waals surface area contributed by atoms with Gasteiger partial charge < -0.3 is 10.3 Å². The molecule has 1 saturated carbocycles. The molecule has 4 nitrogen and oxygen atoms in total. The minimum absolute atomic E-state index is 0.239. The summed E-state index contributed by atoms with van der Waals surface area (Å²) in [4.78, 5) is 0. The Morgan fingerprint density at radius 2 is 2.20 bits per heavy atom. The van der Waals surface area contributed by atoms with Crippen molar-refractivity contribution in [1.29, 1.82) is 0 Å². The summed E-state index contributed by atoms with van der Waals surface area (Å²) in [7, 11) is 1.97. The number of hydrogen-bond donors (Lipinski definition) is 1. The molecule has 0 bridgehead atoms. The number of hydrogen-bond acceptors (Lipinski definition) is 3. The molecule has 4 heteroatoms. The van der Waals surface area contributed by atoms with E-state index in [-0.39, 0.29) is 5.54 Å². The van der Waals surface area contributed by atoms with E-state index in [1.54, 1.807) is 6.33 Å². The standard InChI is InChI=1S/C11H20N4/c1-3-9-4-6-11(12,7-5-9)10-14-13-8-15(10)2/h8-9H,3-7,12H2,1-2H3. The lowest BCUT2D eigenvalue weighted by molar-refractivity contribution is 0.218. The zero-order valence-corrected chi connectivity index (χ0v) is 9.61. The van der Waals surface area contributed by atoms with E-state index in [9.17, 15) is 0 Å². The highest BCUT2D eigenvalue weighted by Crippen LogP contribution is 2.37. The average molecular weight is 208 g/mol. The van der Waals surface area contributed by atoms with Crippen molar-refractivity contribution < 1.29 is 0 Å². The fourth-order valence-electron chi connectivity index (χ4n) is 2.56. The van der Waals surface area contributed by atoms with Crippen molar-refractivity contribution in [3.63, 3.8) is 0 Å². The molecule has 1 aliphatic carbocycles. The third kappa shape index (κ3) is 1.91. The lowest BCUT2D eigenvalue weighted by Gasteiger charge is -2.35. The molecule has 0 amide bonds. The minimum atomic E-state index is -0.239. The highest BCUT2D eigenvalue weighted by atomic mass is 15.3. The molecule has 1 heterocycles. The van der Waals surface area contributed by atoms with Crippen molar-refractivity contribution in [3.8, 4) is 0 Å². The Hall–Kier alpha value is -0.900. The van der Waals surface area contributed by atoms with Crippen LogP contribution in [-0.2, 0) is 12.6 Å². The lowest BCUT2D eigenvalue weighted by atomic mass is 9.76. The zero-order valence-electron chi connectivity index (χ0n) is 9.61. The predicted octanol–water partition coefficient (Wildman–Crippen LogP) is 1.57. The third-order valence-electron chi connectivity index (χ3n) is 3.73. The van der Waals surface area contributed by atoms with Gasteiger partial charge in [-0.3, -0.25) is 0 Å². The summed E-state index contributed by atoms with van der Waals surface area (Å²) in [5.41, 5.74) is 6.18. The van der Waals surface area contributed by atoms with Crippen LogP contribution in [0.4, 0.5) is 0 Å². The molecule has 2 rings (SSSR count). The van der Waals surface area contributed by atoms with Gasteiger partial charge in [-0.2, -0.15) is 0 Å². The number of aryl methyl sites for hydroxylation is 1. The number of rotatable bonds is 2. The Bertz CT molecular complexity index is 323. The Kier molecular flexibility index (Phi) is 2.78. The van der Waals surface area contributed by atoms with Crippen LogP contribution in [0.2, 0.25) is 0 Å². The number of aromatic nitrogens is 3. The fourth-order valence-corrected chi connectivity index (χ4v) is 2.56. The topological polar surface area (TPSA) is 56.7 Å². The van der Waals surface area contributed by atoms with E-state index in [1.165, 1.54) is 19.3 Å². The van der Waals surface area contributed by atoms with Gasteiger partial charge in [0.05, 0.1) is 5.54 Å². The van der Waals surface area contributed by atoms with E-state index in [0.29, 0.717) is 0 Å². The van der Waals surface area contributed by atoms with Crippen LogP contribution in [0.15, 0.2) is 6.33 Å². The van der Waals surface area contributed by atoms with E-state index >= 15 is 0 Å². The second-order valence-electron chi connectivity index (χ2n) is 4.77. The molecule has 84 valence electrons. The van der Waals surface area contributed by atoms with Crippen molar-refractivity contribution in [2.24, 2.45) is 18.7 Å². The van der Waals surface area contributed by atoms with Crippen LogP contribution in [-0.4, -0.2) is 14.8 Å². The van der Waals surface area contributed by atoms with Gasteiger partial charge in [0.25, 0.3) is 0 Å². The van der Waals surface area contributed by atoms with Gasteiger partial charge in [0.15, 0.2) is 5.82 Å². The second kappa shape index (κ2) is 3.93. The summed E-state index contributed by atoms with van der Waals surface area (Å²) in [6.07, 6.45) is 7.53. The lowest BCUT2D eigenvalue weighted by Crippen LogP contribution is -2.42. The fraction of sp³-hybridized carbons (Fsp3) is 0.818. The quantitative estimate of drug-likeness (QED) is 0.802. The molecular weight excluding hydrogens is 188 g/mol. The van der Waals surface area contributed by atoms with Gasteiger partial charge in [-0.05, 0) is 31.6 Å². The van der Waals surface area contributed by atoms with Crippen LogP contribution < -0.4 is 5.73 Å². The molecule has 0 aliphatic heterocycles. The summed E-state index contributed by atoms with van der Waals surface area (Å²) in [6, 6.07) is 0. The molecule has 1 fully saturated rings. The normalized spacial score (nSPS) is 31.8. The molecule has 0 spiro atoms. The summed E-state index contributed by atoms with van der Waals surface area (Å²) < 4.78 is 1.95. The molecule has 1 aliphatic rings. The Balaban J connectivity index is 2.13. The van der Waals surface area contributed by atoms with Crippen LogP contribution in [0.3, 0.4) is 0 Å². The molecular formula is C11H20N4. The molecule has 1 aromatic heterocycles. The maximum atomic E-state index is 6.42. The van der Waals surface area contributed by atoms with E-state index in [0.717, 1.165) is 24.6 Å². The van der Waals surface area contributed by atoms with Crippen LogP contribution in [0.25, 0.3) is 0 Å². The van der Waals surface area contributed by atoms with Crippen LogP contribution in [0.1, 0.15) is 44.9 Å². The zero-order chi connectivity index (χ0) is 10.9. The molecule has 1 aromatic rings. The number of nitrogens with zero attached hydrogens (tertiary/aromatic N) is 3. The average Bonchev–Trinajstić information content (AvgIpc) is 2.66. The number of nitrogens with two attached hydrogens (primary N) is 1. The molecule has 15 heavy (non-hydrogen) atoms. The first-order valence-electron chi connectivity index (χ1n) is 5.79. The highest BCUT2D eigenvalue weighted by Gasteiger charge is 2.36. The molecule has 0 unspecified atom stereocenters. The predicted molar refractivity (Wildman–Crippen MR) is 59.1 cm³/mol. The van der Waals surface area contributed by atoms with Crippen molar-refractivity contribution in [2.45, 2.75) is 44.6 Å². The molecule has 0 radical (unpaired) electrons. The van der Waals surface area contributed by atoms with Gasteiger partial charge in [-0.15, -0.1) is 10.2 Å². The van der Waals surface area contributed by atoms with Crippen molar-refractivity contribution in [1.82, 2.24) is 14.8 Å². The van der Waals surface area contributed by atoms with Gasteiger partial charge in [-0.25, -0.2) is 0 Å². The van der Waals surface area contributed by atoms with Crippen molar-refractivity contribution in [2.75, 3.05) is 0 Å². The third-order valence-corrected chi connectivity index (χ3v) is 3.73. The summed E-state index contributed by atoms with van der Waals surface area (Å²) in [5.74, 6) is 1.80. The second-order valence-corrected chi connectivity index (χ2v) is 4.77. The molecule has 0 atom stereocenters. The Morgan fingerprint density at radius 1 is 1.53 bits per heavy atom. The summed E-state index contributed by atoms with van der Waals surface area (Å²) in [6.45, 7) is 2.26. The van der Waals surface area contributed by atoms with E-state index in [1.807, 2.05) is 11.6 Å². The maximum Gasteiger partial charge on any atom is 0.152 e. The molecule has 0 saturated heterocycles. The summed E-state index contributed by atoms with van der Waals surface area (Å²) >= 11 is 0. The van der Waals surface area contributed by atoms with Gasteiger partial charge in [0, 0.05) is 7.05 Å². The monoisotopic (exact) mass is 208 g/mol. The van der Waals surface area contributed by atoms with Crippen molar-refractivity contribution in [3.05, 3.63) is 12.2 Å². The highest BCUT2D eigenvalue weighted by molar-refractivity contribution is 5.06. The first kappa shape index (κ1) is 10.6. The van der Waals surface area contributed by atoms with E-state index in [4.69, 9.17) is 5.73 Å². The van der Waals surface area contributed by atoms with Crippen molar-refractivity contribution >= 4 is 0 Å². The van der Waals surface area contributed by atoms with Gasteiger partial charge in [-0.1, -0.05) is 13.3 Å². The van der Waals surface area contributed by atoms with Gasteiger partial charge in [0.2, 0.25) is 0 Å². The van der Waals surface area contributed by atoms with Gasteiger partial charge >= 0.3 is 0 Å². The van der Waals surface area contributed by atoms with E-state index in [2.05, 4.69) is 17.1 Å². The van der Waals surface area contributed by atoms with Gasteiger partial charge in [0.1, 0.15) is 6.33 Å². The Labute approximate surface area is 90.9 Å². The first-order chi connectivity index (χ1) is 7.15. The summed E-state index contributed by atoms with van der Waals surface area (Å²) in [5, 5.41) is 8.06. The molecule has 2 N–H and O–H groups in total. The van der Waals surface area contributed by atoms with Crippen LogP contribution in [0, 0.1) is 5.92 Å². The molecule has 0 aromatic carbocycles. The van der Waals surface area contributed by atoms with Crippen LogP contribution in [0.5, 0.6) is 0 Å². The minimum Gasteiger partial charge on any atom is -0.319 e. The Morgan fingerprint density at radius 3 is 2.67 bits per heavy atom.